The standard InChI is InChI=1S/C14H14FN3O2S/c15-8-6-9(16)7(13(19)20)5-11(8)18-14-17-10-3-1-2-4-12(10)21-14/h5-6H,1-4,16H2,(H,17,18)(H,19,20). The van der Waals surface area contributed by atoms with E-state index in [-0.39, 0.29) is 16.9 Å². The molecule has 4 N–H and O–H groups in total. The van der Waals surface area contributed by atoms with Gasteiger partial charge in [0, 0.05) is 10.6 Å². The molecule has 0 spiro atoms. The molecule has 1 heterocycles. The number of carboxylic acids is 1. The lowest BCUT2D eigenvalue weighted by atomic mass is 10.0. The first-order chi connectivity index (χ1) is 10.0. The number of thiazole rings is 1. The fourth-order valence-corrected chi connectivity index (χ4v) is 3.45. The van der Waals surface area contributed by atoms with Gasteiger partial charge in [0.05, 0.1) is 16.9 Å². The molecule has 0 unspecified atom stereocenters. The van der Waals surface area contributed by atoms with Crippen molar-refractivity contribution in [3.63, 3.8) is 0 Å². The highest BCUT2D eigenvalue weighted by atomic mass is 32.1. The number of anilines is 3. The molecule has 1 aromatic heterocycles. The van der Waals surface area contributed by atoms with Crippen LogP contribution in [0.25, 0.3) is 0 Å². The minimum Gasteiger partial charge on any atom is -0.478 e. The molecular formula is C14H14FN3O2S. The summed E-state index contributed by atoms with van der Waals surface area (Å²) >= 11 is 1.49. The van der Waals surface area contributed by atoms with Crippen LogP contribution in [0.5, 0.6) is 0 Å². The number of carbonyl (C=O) groups is 1. The fourth-order valence-electron chi connectivity index (χ4n) is 2.39. The molecule has 1 aliphatic rings. The van der Waals surface area contributed by atoms with Crippen LogP contribution in [0.15, 0.2) is 12.1 Å². The van der Waals surface area contributed by atoms with Crippen LogP contribution in [-0.2, 0) is 12.8 Å². The highest BCUT2D eigenvalue weighted by molar-refractivity contribution is 7.15. The van der Waals surface area contributed by atoms with Gasteiger partial charge in [-0.15, -0.1) is 11.3 Å². The van der Waals surface area contributed by atoms with Crippen LogP contribution in [0.1, 0.15) is 33.8 Å². The zero-order chi connectivity index (χ0) is 15.0. The smallest absolute Gasteiger partial charge is 0.337 e. The largest absolute Gasteiger partial charge is 0.478 e. The van der Waals surface area contributed by atoms with Crippen molar-refractivity contribution in [1.29, 1.82) is 0 Å². The number of carboxylic acid groups (broad SMARTS) is 1. The number of nitrogens with two attached hydrogens (primary N) is 1. The van der Waals surface area contributed by atoms with Gasteiger partial charge in [0.1, 0.15) is 5.82 Å². The Morgan fingerprint density at radius 3 is 2.86 bits per heavy atom. The van der Waals surface area contributed by atoms with E-state index in [9.17, 15) is 9.18 Å². The molecule has 21 heavy (non-hydrogen) atoms. The second kappa shape index (κ2) is 5.33. The fraction of sp³-hybridized carbons (Fsp3) is 0.286. The highest BCUT2D eigenvalue weighted by Crippen LogP contribution is 2.32. The summed E-state index contributed by atoms with van der Waals surface area (Å²) in [5, 5.41) is 12.5. The summed E-state index contributed by atoms with van der Waals surface area (Å²) in [6.45, 7) is 0. The quantitative estimate of drug-likeness (QED) is 0.758. The molecule has 0 bridgehead atoms. The highest BCUT2D eigenvalue weighted by Gasteiger charge is 2.17. The Hall–Kier alpha value is -2.15. The summed E-state index contributed by atoms with van der Waals surface area (Å²) in [5.41, 5.74) is 6.42. The average Bonchev–Trinajstić information content (AvgIpc) is 2.83. The van der Waals surface area contributed by atoms with Crippen LogP contribution in [0.2, 0.25) is 0 Å². The Balaban J connectivity index is 1.92. The number of nitrogen functional groups attached to an aromatic ring is 1. The van der Waals surface area contributed by atoms with Gasteiger partial charge in [0.15, 0.2) is 5.13 Å². The van der Waals surface area contributed by atoms with Gasteiger partial charge >= 0.3 is 5.97 Å². The van der Waals surface area contributed by atoms with Crippen LogP contribution >= 0.6 is 11.3 Å². The lowest BCUT2D eigenvalue weighted by Gasteiger charge is -2.08. The van der Waals surface area contributed by atoms with E-state index in [0.717, 1.165) is 37.4 Å². The number of benzene rings is 1. The lowest BCUT2D eigenvalue weighted by molar-refractivity contribution is 0.0698. The van der Waals surface area contributed by atoms with Crippen LogP contribution in [-0.4, -0.2) is 16.1 Å². The molecule has 0 aliphatic heterocycles. The van der Waals surface area contributed by atoms with Gasteiger partial charge < -0.3 is 16.2 Å². The number of aryl methyl sites for hydroxylation is 2. The molecule has 1 aliphatic carbocycles. The topological polar surface area (TPSA) is 88.2 Å². The molecule has 7 heteroatoms. The van der Waals surface area contributed by atoms with Crippen molar-refractivity contribution in [2.75, 3.05) is 11.1 Å². The van der Waals surface area contributed by atoms with Crippen molar-refractivity contribution in [2.24, 2.45) is 0 Å². The van der Waals surface area contributed by atoms with E-state index in [1.54, 1.807) is 0 Å². The van der Waals surface area contributed by atoms with Crippen LogP contribution in [0.3, 0.4) is 0 Å². The third-order valence-corrected chi connectivity index (χ3v) is 4.53. The maximum absolute atomic E-state index is 13.9. The summed E-state index contributed by atoms with van der Waals surface area (Å²) in [5.74, 6) is -1.78. The zero-order valence-corrected chi connectivity index (χ0v) is 12.0. The number of rotatable bonds is 3. The molecule has 0 fully saturated rings. The van der Waals surface area contributed by atoms with Gasteiger partial charge in [-0.2, -0.15) is 0 Å². The van der Waals surface area contributed by atoms with Crippen molar-refractivity contribution in [2.45, 2.75) is 25.7 Å². The maximum Gasteiger partial charge on any atom is 0.337 e. The molecule has 2 aromatic rings. The number of nitrogens with zero attached hydrogens (tertiary/aromatic N) is 1. The van der Waals surface area contributed by atoms with Gasteiger partial charge in [-0.1, -0.05) is 0 Å². The van der Waals surface area contributed by atoms with Gasteiger partial charge in [-0.05, 0) is 37.8 Å². The van der Waals surface area contributed by atoms with E-state index in [4.69, 9.17) is 10.8 Å². The van der Waals surface area contributed by atoms with Gasteiger partial charge in [0.2, 0.25) is 0 Å². The second-order valence-corrected chi connectivity index (χ2v) is 6.03. The Labute approximate surface area is 124 Å². The first-order valence-corrected chi connectivity index (χ1v) is 7.44. The average molecular weight is 307 g/mol. The lowest BCUT2D eigenvalue weighted by Crippen LogP contribution is -2.05. The zero-order valence-electron chi connectivity index (χ0n) is 11.1. The Morgan fingerprint density at radius 1 is 1.38 bits per heavy atom. The van der Waals surface area contributed by atoms with Crippen LogP contribution < -0.4 is 11.1 Å². The van der Waals surface area contributed by atoms with E-state index in [1.165, 1.54) is 22.3 Å². The molecule has 1 aromatic carbocycles. The Kier molecular flexibility index (Phi) is 3.50. The van der Waals surface area contributed by atoms with E-state index in [1.807, 2.05) is 0 Å². The third-order valence-electron chi connectivity index (χ3n) is 3.46. The molecule has 0 amide bonds. The number of aromatic nitrogens is 1. The van der Waals surface area contributed by atoms with Gasteiger partial charge in [-0.25, -0.2) is 14.2 Å². The Bertz CT molecular complexity index is 691. The molecule has 0 saturated heterocycles. The summed E-state index contributed by atoms with van der Waals surface area (Å²) in [6.07, 6.45) is 4.21. The molecule has 3 rings (SSSR count). The number of hydrogen-bond acceptors (Lipinski definition) is 5. The number of fused-ring (bicyclic) bond motifs is 1. The van der Waals surface area contributed by atoms with E-state index in [0.29, 0.717) is 5.13 Å². The molecule has 0 atom stereocenters. The maximum atomic E-state index is 13.9. The molecule has 5 nitrogen and oxygen atoms in total. The number of halogens is 1. The van der Waals surface area contributed by atoms with Crippen molar-refractivity contribution in [3.05, 3.63) is 34.1 Å². The summed E-state index contributed by atoms with van der Waals surface area (Å²) in [7, 11) is 0. The van der Waals surface area contributed by atoms with Crippen molar-refractivity contribution >= 4 is 33.8 Å². The predicted molar refractivity (Wildman–Crippen MR) is 79.8 cm³/mol. The molecule has 0 radical (unpaired) electrons. The van der Waals surface area contributed by atoms with Crippen molar-refractivity contribution in [1.82, 2.24) is 4.98 Å². The van der Waals surface area contributed by atoms with Crippen LogP contribution in [0.4, 0.5) is 20.9 Å². The summed E-state index contributed by atoms with van der Waals surface area (Å²) < 4.78 is 13.9. The van der Waals surface area contributed by atoms with E-state index in [2.05, 4.69) is 10.3 Å². The van der Waals surface area contributed by atoms with Crippen molar-refractivity contribution in [3.8, 4) is 0 Å². The number of nitrogens with one attached hydrogen (secondary N) is 1. The SMILES string of the molecule is Nc1cc(F)c(Nc2nc3c(s2)CCCC3)cc1C(=O)O. The normalized spacial score (nSPS) is 13.8. The Morgan fingerprint density at radius 2 is 2.14 bits per heavy atom. The van der Waals surface area contributed by atoms with E-state index >= 15 is 0 Å². The monoisotopic (exact) mass is 307 g/mol. The molecule has 110 valence electrons. The first-order valence-electron chi connectivity index (χ1n) is 6.62. The molecular weight excluding hydrogens is 293 g/mol. The van der Waals surface area contributed by atoms with Gasteiger partial charge in [0.25, 0.3) is 0 Å². The minimum absolute atomic E-state index is 0.0766. The summed E-state index contributed by atoms with van der Waals surface area (Å²) in [6, 6.07) is 2.21. The minimum atomic E-state index is -1.19. The van der Waals surface area contributed by atoms with Crippen LogP contribution in [0, 0.1) is 5.82 Å². The molecule has 0 saturated carbocycles. The predicted octanol–water partition coefficient (Wildman–Crippen LogP) is 3.19. The second-order valence-electron chi connectivity index (χ2n) is 4.95. The van der Waals surface area contributed by atoms with Crippen molar-refractivity contribution < 1.29 is 14.3 Å². The number of aromatic carboxylic acids is 1. The third kappa shape index (κ3) is 2.69. The summed E-state index contributed by atoms with van der Waals surface area (Å²) in [4.78, 5) is 16.7. The van der Waals surface area contributed by atoms with Gasteiger partial charge in [-0.3, -0.25) is 0 Å². The number of hydrogen-bond donors (Lipinski definition) is 3. The van der Waals surface area contributed by atoms with E-state index < -0.39 is 11.8 Å². The first kappa shape index (κ1) is 13.8.